The Morgan fingerprint density at radius 1 is 1.00 bits per heavy atom. The molecular formula is C31H30N2O4S. The third-order valence-electron chi connectivity index (χ3n) is 6.92. The number of anilines is 1. The largest absolute Gasteiger partial charge is 0.496 e. The molecule has 0 fully saturated rings. The zero-order valence-electron chi connectivity index (χ0n) is 21.9. The molecule has 3 heterocycles. The highest BCUT2D eigenvalue weighted by Gasteiger charge is 2.23. The summed E-state index contributed by atoms with van der Waals surface area (Å²) in [6, 6.07) is 20.9. The Morgan fingerprint density at radius 2 is 1.79 bits per heavy atom. The van der Waals surface area contributed by atoms with Crippen molar-refractivity contribution in [2.45, 2.75) is 26.9 Å². The molecule has 0 aliphatic rings. The number of carbonyl (C=O) groups excluding carboxylic acids is 1. The van der Waals surface area contributed by atoms with Crippen LogP contribution in [0.15, 0.2) is 83.1 Å². The van der Waals surface area contributed by atoms with Crippen molar-refractivity contribution in [2.24, 2.45) is 0 Å². The summed E-state index contributed by atoms with van der Waals surface area (Å²) in [6.07, 6.45) is 1.24. The number of hydrogen-bond donors (Lipinski definition) is 0. The van der Waals surface area contributed by atoms with E-state index < -0.39 is 12.1 Å². The lowest BCUT2D eigenvalue weighted by Gasteiger charge is -2.23. The van der Waals surface area contributed by atoms with E-state index in [1.165, 1.54) is 11.3 Å². The Hall–Kier alpha value is -4.10. The van der Waals surface area contributed by atoms with Crippen molar-refractivity contribution in [1.29, 1.82) is 0 Å². The Balaban J connectivity index is 1.63. The van der Waals surface area contributed by atoms with Crippen molar-refractivity contribution in [3.05, 3.63) is 99.8 Å². The number of aromatic nitrogens is 1. The SMILES string of the molecule is CCN(CC)c1cccc(C(C)OC(=O)c2cc(-c3ccccc3OC)c(=O)n3ccc4ccsc4c23)c1. The number of pyridine rings is 2. The summed E-state index contributed by atoms with van der Waals surface area (Å²) in [5, 5.41) is 2.92. The molecule has 0 saturated heterocycles. The minimum Gasteiger partial charge on any atom is -0.496 e. The summed E-state index contributed by atoms with van der Waals surface area (Å²) >= 11 is 1.49. The summed E-state index contributed by atoms with van der Waals surface area (Å²) in [5.74, 6) is 0.0722. The quantitative estimate of drug-likeness (QED) is 0.205. The lowest BCUT2D eigenvalue weighted by molar-refractivity contribution is 0.0340. The van der Waals surface area contributed by atoms with Gasteiger partial charge in [0, 0.05) is 30.5 Å². The number of rotatable bonds is 8. The summed E-state index contributed by atoms with van der Waals surface area (Å²) < 4.78 is 14.0. The number of para-hydroxylation sites is 1. The van der Waals surface area contributed by atoms with Crippen LogP contribution >= 0.6 is 11.3 Å². The Labute approximate surface area is 225 Å². The minimum atomic E-state index is -0.486. The van der Waals surface area contributed by atoms with Gasteiger partial charge in [-0.05, 0) is 73.5 Å². The van der Waals surface area contributed by atoms with Crippen molar-refractivity contribution in [3.63, 3.8) is 0 Å². The van der Waals surface area contributed by atoms with Gasteiger partial charge in [0.2, 0.25) is 0 Å². The third kappa shape index (κ3) is 4.54. The van der Waals surface area contributed by atoms with Crippen LogP contribution in [-0.4, -0.2) is 30.6 Å². The molecule has 0 spiro atoms. The molecule has 6 nitrogen and oxygen atoms in total. The van der Waals surface area contributed by atoms with Crippen LogP contribution in [0.25, 0.3) is 26.7 Å². The number of ether oxygens (including phenoxy) is 2. The van der Waals surface area contributed by atoms with E-state index in [4.69, 9.17) is 9.47 Å². The van der Waals surface area contributed by atoms with Crippen LogP contribution < -0.4 is 15.2 Å². The average molecular weight is 527 g/mol. The molecule has 1 atom stereocenters. The number of esters is 1. The first-order chi connectivity index (χ1) is 18.5. The van der Waals surface area contributed by atoms with E-state index in [9.17, 15) is 9.59 Å². The summed E-state index contributed by atoms with van der Waals surface area (Å²) in [6.45, 7) is 7.89. The zero-order valence-corrected chi connectivity index (χ0v) is 22.7. The molecule has 0 radical (unpaired) electrons. The zero-order chi connectivity index (χ0) is 26.8. The molecule has 0 saturated carbocycles. The lowest BCUT2D eigenvalue weighted by atomic mass is 10.0. The highest BCUT2D eigenvalue weighted by molar-refractivity contribution is 7.18. The molecule has 7 heteroatoms. The second-order valence-electron chi connectivity index (χ2n) is 9.03. The second kappa shape index (κ2) is 10.7. The van der Waals surface area contributed by atoms with Gasteiger partial charge in [-0.2, -0.15) is 0 Å². The van der Waals surface area contributed by atoms with E-state index >= 15 is 0 Å². The fourth-order valence-electron chi connectivity index (χ4n) is 4.88. The molecule has 0 amide bonds. The molecule has 0 bridgehead atoms. The van der Waals surface area contributed by atoms with Gasteiger partial charge in [-0.1, -0.05) is 30.3 Å². The van der Waals surface area contributed by atoms with Crippen LogP contribution in [0.4, 0.5) is 5.69 Å². The molecule has 5 rings (SSSR count). The fraction of sp³-hybridized carbons (Fsp3) is 0.226. The highest BCUT2D eigenvalue weighted by atomic mass is 32.1. The molecule has 3 aromatic heterocycles. The number of nitrogens with zero attached hydrogens (tertiary/aromatic N) is 2. The summed E-state index contributed by atoms with van der Waals surface area (Å²) in [7, 11) is 1.57. The number of fused-ring (bicyclic) bond motifs is 3. The maximum absolute atomic E-state index is 13.8. The van der Waals surface area contributed by atoms with Gasteiger partial charge >= 0.3 is 5.97 Å². The van der Waals surface area contributed by atoms with Crippen molar-refractivity contribution in [1.82, 2.24) is 4.40 Å². The first-order valence-corrected chi connectivity index (χ1v) is 13.6. The normalized spacial score (nSPS) is 12.0. The highest BCUT2D eigenvalue weighted by Crippen LogP contribution is 2.33. The molecule has 38 heavy (non-hydrogen) atoms. The number of hydrogen-bond acceptors (Lipinski definition) is 6. The van der Waals surface area contributed by atoms with Crippen LogP contribution in [0.2, 0.25) is 0 Å². The van der Waals surface area contributed by atoms with Gasteiger partial charge in [-0.25, -0.2) is 4.79 Å². The van der Waals surface area contributed by atoms with Gasteiger partial charge in [0.25, 0.3) is 5.56 Å². The molecule has 5 aromatic rings. The average Bonchev–Trinajstić information content (AvgIpc) is 3.43. The van der Waals surface area contributed by atoms with Crippen molar-refractivity contribution >= 4 is 38.6 Å². The maximum atomic E-state index is 13.8. The molecular weight excluding hydrogens is 496 g/mol. The standard InChI is InChI=1S/C31H30N2O4S/c1-5-32(6-2)23-11-9-10-22(18-23)20(3)37-31(35)26-19-25(24-12-7-8-13-27(24)36-4)30(34)33-16-14-21-15-17-38-29(21)28(26)33/h7-20H,5-6H2,1-4H3. The van der Waals surface area contributed by atoms with E-state index in [0.717, 1.165) is 34.4 Å². The topological polar surface area (TPSA) is 60.2 Å². The molecule has 2 aromatic carbocycles. The second-order valence-corrected chi connectivity index (χ2v) is 9.95. The number of thiophene rings is 1. The van der Waals surface area contributed by atoms with Crippen molar-refractivity contribution in [3.8, 4) is 16.9 Å². The number of benzene rings is 2. The molecule has 1 unspecified atom stereocenters. The summed E-state index contributed by atoms with van der Waals surface area (Å²) in [4.78, 5) is 29.8. The minimum absolute atomic E-state index is 0.226. The Bertz CT molecular complexity index is 1680. The van der Waals surface area contributed by atoms with Gasteiger partial charge in [-0.15, -0.1) is 11.3 Å². The monoisotopic (exact) mass is 526 g/mol. The smallest absolute Gasteiger partial charge is 0.340 e. The first kappa shape index (κ1) is 25.5. The first-order valence-electron chi connectivity index (χ1n) is 12.7. The van der Waals surface area contributed by atoms with Gasteiger partial charge < -0.3 is 14.4 Å². The maximum Gasteiger partial charge on any atom is 0.340 e. The fourth-order valence-corrected chi connectivity index (χ4v) is 5.82. The van der Waals surface area contributed by atoms with Gasteiger partial charge in [0.15, 0.2) is 0 Å². The number of carbonyl (C=O) groups is 1. The number of methoxy groups -OCH3 is 1. The molecule has 0 N–H and O–H groups in total. The van der Waals surface area contributed by atoms with Crippen LogP contribution in [0.3, 0.4) is 0 Å². The van der Waals surface area contributed by atoms with Gasteiger partial charge in [0.05, 0.1) is 28.5 Å². The summed E-state index contributed by atoms with van der Waals surface area (Å²) in [5.41, 5.74) is 3.66. The van der Waals surface area contributed by atoms with Crippen molar-refractivity contribution in [2.75, 3.05) is 25.1 Å². The van der Waals surface area contributed by atoms with E-state index in [0.29, 0.717) is 28.0 Å². The van der Waals surface area contributed by atoms with Gasteiger partial charge in [0.1, 0.15) is 11.9 Å². The predicted octanol–water partition coefficient (Wildman–Crippen LogP) is 6.95. The molecule has 0 aliphatic heterocycles. The van der Waals surface area contributed by atoms with E-state index in [2.05, 4.69) is 30.9 Å². The van der Waals surface area contributed by atoms with E-state index in [-0.39, 0.29) is 5.56 Å². The van der Waals surface area contributed by atoms with E-state index in [1.54, 1.807) is 29.8 Å². The van der Waals surface area contributed by atoms with Crippen LogP contribution in [0, 0.1) is 0 Å². The van der Waals surface area contributed by atoms with Crippen LogP contribution in [0.5, 0.6) is 5.75 Å². The third-order valence-corrected chi connectivity index (χ3v) is 7.85. The van der Waals surface area contributed by atoms with Crippen LogP contribution in [0.1, 0.15) is 42.8 Å². The lowest BCUT2D eigenvalue weighted by Crippen LogP contribution is -2.22. The molecule has 0 aliphatic carbocycles. The predicted molar refractivity (Wildman–Crippen MR) is 155 cm³/mol. The Morgan fingerprint density at radius 3 is 2.55 bits per heavy atom. The van der Waals surface area contributed by atoms with Gasteiger partial charge in [-0.3, -0.25) is 9.20 Å². The van der Waals surface area contributed by atoms with E-state index in [1.807, 2.05) is 54.8 Å². The van der Waals surface area contributed by atoms with Crippen molar-refractivity contribution < 1.29 is 14.3 Å². The Kier molecular flexibility index (Phi) is 7.20. The molecule has 194 valence electrons. The van der Waals surface area contributed by atoms with Crippen LogP contribution in [-0.2, 0) is 4.74 Å².